The fourth-order valence-electron chi connectivity index (χ4n) is 2.70. The third-order valence-corrected chi connectivity index (χ3v) is 4.11. The second-order valence-electron chi connectivity index (χ2n) is 6.07. The van der Waals surface area contributed by atoms with E-state index in [1.807, 2.05) is 84.9 Å². The minimum atomic E-state index is -0.720. The Balaban J connectivity index is 1.63. The molecule has 0 unspecified atom stereocenters. The Morgan fingerprint density at radius 2 is 1.61 bits per heavy atom. The van der Waals surface area contributed by atoms with Gasteiger partial charge >= 0.3 is 0 Å². The van der Waals surface area contributed by atoms with Crippen LogP contribution in [0.2, 0.25) is 0 Å². The zero-order valence-electron chi connectivity index (χ0n) is 15.6. The number of methoxy groups -OCH3 is 1. The molecule has 3 aromatic rings. The van der Waals surface area contributed by atoms with Crippen LogP contribution in [0.25, 0.3) is 0 Å². The van der Waals surface area contributed by atoms with Crippen molar-refractivity contribution in [3.05, 3.63) is 102 Å². The van der Waals surface area contributed by atoms with Crippen molar-refractivity contribution in [2.24, 2.45) is 5.10 Å². The minimum absolute atomic E-state index is 0.340. The molecule has 1 amide bonds. The number of nitrogens with one attached hydrogen (secondary N) is 1. The zero-order valence-corrected chi connectivity index (χ0v) is 15.6. The predicted molar refractivity (Wildman–Crippen MR) is 109 cm³/mol. The summed E-state index contributed by atoms with van der Waals surface area (Å²) in [7, 11) is 1.49. The van der Waals surface area contributed by atoms with Gasteiger partial charge in [-0.15, -0.1) is 0 Å². The SMILES string of the molecule is CO[C@H](C(=O)N/N=C\c1ccccc1OCc1ccccc1)c1ccccc1. The molecule has 0 aromatic heterocycles. The van der Waals surface area contributed by atoms with Gasteiger partial charge in [0.05, 0.1) is 6.21 Å². The molecular weight excluding hydrogens is 352 g/mol. The summed E-state index contributed by atoms with van der Waals surface area (Å²) in [6, 6.07) is 26.7. The van der Waals surface area contributed by atoms with Gasteiger partial charge in [0.25, 0.3) is 5.91 Å². The summed E-state index contributed by atoms with van der Waals surface area (Å²) in [6.45, 7) is 0.456. The molecule has 0 bridgehead atoms. The van der Waals surface area contributed by atoms with Gasteiger partial charge in [-0.25, -0.2) is 5.43 Å². The lowest BCUT2D eigenvalue weighted by molar-refractivity contribution is -0.131. The summed E-state index contributed by atoms with van der Waals surface area (Å²) < 4.78 is 11.2. The lowest BCUT2D eigenvalue weighted by atomic mass is 10.1. The van der Waals surface area contributed by atoms with Crippen LogP contribution in [0, 0.1) is 0 Å². The summed E-state index contributed by atoms with van der Waals surface area (Å²) in [5, 5.41) is 4.07. The quantitative estimate of drug-likeness (QED) is 0.477. The van der Waals surface area contributed by atoms with Gasteiger partial charge in [0, 0.05) is 12.7 Å². The summed E-state index contributed by atoms with van der Waals surface area (Å²) in [4.78, 5) is 12.4. The van der Waals surface area contributed by atoms with Crippen LogP contribution >= 0.6 is 0 Å². The van der Waals surface area contributed by atoms with Gasteiger partial charge in [-0.05, 0) is 23.3 Å². The maximum atomic E-state index is 12.4. The summed E-state index contributed by atoms with van der Waals surface area (Å²) in [6.07, 6.45) is 0.846. The highest BCUT2D eigenvalue weighted by Crippen LogP contribution is 2.18. The average Bonchev–Trinajstić information content (AvgIpc) is 2.75. The van der Waals surface area contributed by atoms with E-state index >= 15 is 0 Å². The Bertz CT molecular complexity index is 911. The number of hydrazone groups is 1. The molecule has 0 aliphatic carbocycles. The number of rotatable bonds is 8. The van der Waals surface area contributed by atoms with Crippen LogP contribution < -0.4 is 10.2 Å². The number of hydrogen-bond donors (Lipinski definition) is 1. The number of para-hydroxylation sites is 1. The lowest BCUT2D eigenvalue weighted by Gasteiger charge is -2.13. The molecule has 0 fully saturated rings. The first-order valence-corrected chi connectivity index (χ1v) is 8.94. The lowest BCUT2D eigenvalue weighted by Crippen LogP contribution is -2.26. The number of carbonyl (C=O) groups is 1. The largest absolute Gasteiger partial charge is 0.488 e. The fraction of sp³-hybridized carbons (Fsp3) is 0.130. The van der Waals surface area contributed by atoms with Crippen LogP contribution in [-0.2, 0) is 16.1 Å². The first-order valence-electron chi connectivity index (χ1n) is 8.94. The Kier molecular flexibility index (Phi) is 6.93. The van der Waals surface area contributed by atoms with E-state index in [1.165, 1.54) is 7.11 Å². The van der Waals surface area contributed by atoms with E-state index in [4.69, 9.17) is 9.47 Å². The monoisotopic (exact) mass is 374 g/mol. The molecule has 0 saturated carbocycles. The Morgan fingerprint density at radius 1 is 0.964 bits per heavy atom. The minimum Gasteiger partial charge on any atom is -0.488 e. The first kappa shape index (κ1) is 19.3. The molecular formula is C23H22N2O3. The predicted octanol–water partition coefficient (Wildman–Crippen LogP) is 4.10. The van der Waals surface area contributed by atoms with E-state index in [-0.39, 0.29) is 5.91 Å². The highest BCUT2D eigenvalue weighted by atomic mass is 16.5. The fourth-order valence-corrected chi connectivity index (χ4v) is 2.70. The normalized spacial score (nSPS) is 11.9. The van der Waals surface area contributed by atoms with Crippen molar-refractivity contribution >= 4 is 12.1 Å². The van der Waals surface area contributed by atoms with Crippen LogP contribution in [0.5, 0.6) is 5.75 Å². The van der Waals surface area contributed by atoms with E-state index in [0.29, 0.717) is 12.4 Å². The molecule has 0 saturated heterocycles. The van der Waals surface area contributed by atoms with Gasteiger partial charge < -0.3 is 9.47 Å². The Morgan fingerprint density at radius 3 is 2.32 bits per heavy atom. The molecule has 5 nitrogen and oxygen atoms in total. The molecule has 0 aliphatic heterocycles. The molecule has 0 heterocycles. The van der Waals surface area contributed by atoms with Gasteiger partial charge in [0.15, 0.2) is 6.10 Å². The first-order chi connectivity index (χ1) is 13.8. The zero-order chi connectivity index (χ0) is 19.6. The number of carbonyl (C=O) groups excluding carboxylic acids is 1. The summed E-state index contributed by atoms with van der Waals surface area (Å²) in [5.74, 6) is 0.350. The molecule has 142 valence electrons. The van der Waals surface area contributed by atoms with Crippen LogP contribution in [-0.4, -0.2) is 19.2 Å². The van der Waals surface area contributed by atoms with E-state index < -0.39 is 6.10 Å². The second-order valence-corrected chi connectivity index (χ2v) is 6.07. The summed E-state index contributed by atoms with van der Waals surface area (Å²) in [5.41, 5.74) is 5.15. The smallest absolute Gasteiger partial charge is 0.273 e. The van der Waals surface area contributed by atoms with Crippen molar-refractivity contribution < 1.29 is 14.3 Å². The maximum Gasteiger partial charge on any atom is 0.273 e. The molecule has 5 heteroatoms. The third kappa shape index (κ3) is 5.28. The molecule has 28 heavy (non-hydrogen) atoms. The number of nitrogens with zero attached hydrogens (tertiary/aromatic N) is 1. The van der Waals surface area contributed by atoms with Crippen molar-refractivity contribution in [2.75, 3.05) is 7.11 Å². The van der Waals surface area contributed by atoms with Crippen molar-refractivity contribution in [1.82, 2.24) is 5.43 Å². The molecule has 0 aliphatic rings. The van der Waals surface area contributed by atoms with E-state index in [1.54, 1.807) is 6.21 Å². The summed E-state index contributed by atoms with van der Waals surface area (Å²) >= 11 is 0. The maximum absolute atomic E-state index is 12.4. The Labute approximate surface area is 164 Å². The number of hydrogen-bond acceptors (Lipinski definition) is 4. The molecule has 0 spiro atoms. The van der Waals surface area contributed by atoms with Crippen LogP contribution in [0.4, 0.5) is 0 Å². The third-order valence-electron chi connectivity index (χ3n) is 4.11. The molecule has 3 aromatic carbocycles. The van der Waals surface area contributed by atoms with E-state index in [9.17, 15) is 4.79 Å². The number of ether oxygens (including phenoxy) is 2. The van der Waals surface area contributed by atoms with Crippen LogP contribution in [0.15, 0.2) is 90.0 Å². The highest BCUT2D eigenvalue weighted by molar-refractivity contribution is 5.86. The topological polar surface area (TPSA) is 59.9 Å². The van der Waals surface area contributed by atoms with E-state index in [2.05, 4.69) is 10.5 Å². The highest BCUT2D eigenvalue weighted by Gasteiger charge is 2.19. The van der Waals surface area contributed by atoms with Crippen LogP contribution in [0.1, 0.15) is 22.8 Å². The average molecular weight is 374 g/mol. The molecule has 1 N–H and O–H groups in total. The molecule has 0 radical (unpaired) electrons. The van der Waals surface area contributed by atoms with Crippen LogP contribution in [0.3, 0.4) is 0 Å². The van der Waals surface area contributed by atoms with Gasteiger partial charge in [-0.2, -0.15) is 5.10 Å². The van der Waals surface area contributed by atoms with Crippen molar-refractivity contribution in [2.45, 2.75) is 12.7 Å². The van der Waals surface area contributed by atoms with Crippen molar-refractivity contribution in [3.8, 4) is 5.75 Å². The van der Waals surface area contributed by atoms with Gasteiger partial charge in [-0.1, -0.05) is 72.8 Å². The molecule has 3 rings (SSSR count). The van der Waals surface area contributed by atoms with Crippen molar-refractivity contribution in [1.29, 1.82) is 0 Å². The number of benzene rings is 3. The number of amides is 1. The molecule has 1 atom stereocenters. The Hall–Kier alpha value is -3.44. The standard InChI is InChI=1S/C23H22N2O3/c1-27-22(19-12-6-3-7-13-19)23(26)25-24-16-20-14-8-9-15-21(20)28-17-18-10-4-2-5-11-18/h2-16,22H,17H2,1H3,(H,25,26)/b24-16-/t22-/m0/s1. The van der Waals surface area contributed by atoms with Gasteiger partial charge in [0.2, 0.25) is 0 Å². The van der Waals surface area contributed by atoms with E-state index in [0.717, 1.165) is 16.7 Å². The second kappa shape index (κ2) is 10.0. The van der Waals surface area contributed by atoms with Crippen molar-refractivity contribution in [3.63, 3.8) is 0 Å². The van der Waals surface area contributed by atoms with Gasteiger partial charge in [-0.3, -0.25) is 4.79 Å². The van der Waals surface area contributed by atoms with Gasteiger partial charge in [0.1, 0.15) is 12.4 Å².